The van der Waals surface area contributed by atoms with Crippen molar-refractivity contribution >= 4 is 11.7 Å². The second-order valence-electron chi connectivity index (χ2n) is 8.75. The predicted molar refractivity (Wildman–Crippen MR) is 129 cm³/mol. The number of amides is 1. The Hall–Kier alpha value is -3.75. The van der Waals surface area contributed by atoms with Gasteiger partial charge in [-0.1, -0.05) is 17.3 Å². The number of aromatic nitrogens is 2. The van der Waals surface area contributed by atoms with Crippen LogP contribution in [0.15, 0.2) is 60.0 Å². The summed E-state index contributed by atoms with van der Waals surface area (Å²) in [6.07, 6.45) is 3.46. The Balaban J connectivity index is 1.62. The minimum absolute atomic E-state index is 0.0554. The first kappa shape index (κ1) is 24.4. The number of nitroso groups, excluding NO2 is 1. The number of carbonyl (C=O) groups excluding carboxylic acids is 1. The quantitative estimate of drug-likeness (QED) is 0.457. The molecule has 1 fully saturated rings. The van der Waals surface area contributed by atoms with E-state index in [0.717, 1.165) is 17.6 Å². The molecule has 0 N–H and O–H groups in total. The average Bonchev–Trinajstić information content (AvgIpc) is 2.86. The molecule has 2 atom stereocenters. The van der Waals surface area contributed by atoms with Gasteiger partial charge in [-0.25, -0.2) is 13.8 Å². The summed E-state index contributed by atoms with van der Waals surface area (Å²) in [5.41, 5.74) is 2.40. The summed E-state index contributed by atoms with van der Waals surface area (Å²) in [4.78, 5) is 36.0. The van der Waals surface area contributed by atoms with Crippen molar-refractivity contribution in [1.82, 2.24) is 14.9 Å². The largest absolute Gasteiger partial charge is 0.353 e. The summed E-state index contributed by atoms with van der Waals surface area (Å²) in [7, 11) is 0. The number of pyridine rings is 2. The van der Waals surface area contributed by atoms with Gasteiger partial charge < -0.3 is 9.80 Å². The molecule has 182 valence electrons. The van der Waals surface area contributed by atoms with Crippen LogP contribution in [0.1, 0.15) is 47.7 Å². The normalized spacial score (nSPS) is 15.5. The summed E-state index contributed by atoms with van der Waals surface area (Å²) < 4.78 is 28.5. The standard InChI is InChI=1S/C26H27F2N5O2/c1-17-13-19(7-8-29-17)25(31-35)15-23(22-5-4-21(27)14-24(22)28)20-3-6-26(30-16-20)33-11-9-32(10-12-33)18(2)34/h3-8,13-14,16,23,25H,9-12,15H2,1-2H3. The van der Waals surface area contributed by atoms with Crippen molar-refractivity contribution < 1.29 is 13.6 Å². The third-order valence-corrected chi connectivity index (χ3v) is 6.45. The highest BCUT2D eigenvalue weighted by molar-refractivity contribution is 5.73. The lowest BCUT2D eigenvalue weighted by molar-refractivity contribution is -0.129. The molecule has 1 aromatic carbocycles. The molecule has 2 unspecified atom stereocenters. The summed E-state index contributed by atoms with van der Waals surface area (Å²) in [5, 5.41) is 3.31. The Morgan fingerprint density at radius 1 is 1.03 bits per heavy atom. The summed E-state index contributed by atoms with van der Waals surface area (Å²) >= 11 is 0. The zero-order valence-corrected chi connectivity index (χ0v) is 19.7. The Morgan fingerprint density at radius 3 is 2.40 bits per heavy atom. The molecule has 1 amide bonds. The van der Waals surface area contributed by atoms with Crippen LogP contribution in [0.5, 0.6) is 0 Å². The van der Waals surface area contributed by atoms with E-state index in [1.807, 2.05) is 19.1 Å². The van der Waals surface area contributed by atoms with E-state index in [0.29, 0.717) is 37.3 Å². The van der Waals surface area contributed by atoms with Crippen molar-refractivity contribution in [2.45, 2.75) is 32.2 Å². The van der Waals surface area contributed by atoms with Crippen molar-refractivity contribution in [3.8, 4) is 0 Å². The van der Waals surface area contributed by atoms with Crippen LogP contribution in [0.25, 0.3) is 0 Å². The van der Waals surface area contributed by atoms with Crippen LogP contribution in [0.4, 0.5) is 14.6 Å². The highest BCUT2D eigenvalue weighted by Gasteiger charge is 2.26. The fraction of sp³-hybridized carbons (Fsp3) is 0.346. The van der Waals surface area contributed by atoms with E-state index >= 15 is 0 Å². The Labute approximate surface area is 202 Å². The molecule has 0 saturated carbocycles. The van der Waals surface area contributed by atoms with E-state index in [2.05, 4.69) is 20.0 Å². The average molecular weight is 480 g/mol. The van der Waals surface area contributed by atoms with E-state index in [4.69, 9.17) is 0 Å². The smallest absolute Gasteiger partial charge is 0.219 e. The molecule has 3 aromatic rings. The first-order valence-corrected chi connectivity index (χ1v) is 11.5. The maximum Gasteiger partial charge on any atom is 0.219 e. The number of hydrogen-bond acceptors (Lipinski definition) is 6. The van der Waals surface area contributed by atoms with Gasteiger partial charge in [0.05, 0.1) is 0 Å². The molecule has 1 saturated heterocycles. The van der Waals surface area contributed by atoms with E-state index in [1.165, 1.54) is 12.1 Å². The van der Waals surface area contributed by atoms with E-state index in [-0.39, 0.29) is 17.9 Å². The minimum atomic E-state index is -0.745. The molecular weight excluding hydrogens is 452 g/mol. The zero-order chi connectivity index (χ0) is 24.9. The molecule has 0 spiro atoms. The van der Waals surface area contributed by atoms with Gasteiger partial charge in [0, 0.05) is 63.2 Å². The van der Waals surface area contributed by atoms with Crippen LogP contribution < -0.4 is 4.90 Å². The van der Waals surface area contributed by atoms with Gasteiger partial charge in [0.2, 0.25) is 5.91 Å². The predicted octanol–water partition coefficient (Wildman–Crippen LogP) is 4.76. The van der Waals surface area contributed by atoms with E-state index in [1.54, 1.807) is 36.4 Å². The first-order valence-electron chi connectivity index (χ1n) is 11.5. The van der Waals surface area contributed by atoms with Crippen LogP contribution in [-0.2, 0) is 4.79 Å². The SMILES string of the molecule is CC(=O)N1CCN(c2ccc(C(CC(N=O)c3ccnc(C)c3)c3ccc(F)cc3F)cn2)CC1. The van der Waals surface area contributed by atoms with E-state index in [9.17, 15) is 18.5 Å². The number of anilines is 1. The highest BCUT2D eigenvalue weighted by Crippen LogP contribution is 2.37. The number of hydrogen-bond donors (Lipinski definition) is 0. The van der Waals surface area contributed by atoms with Crippen LogP contribution in [0.2, 0.25) is 0 Å². The highest BCUT2D eigenvalue weighted by atomic mass is 19.1. The second-order valence-corrected chi connectivity index (χ2v) is 8.75. The summed E-state index contributed by atoms with van der Waals surface area (Å²) in [6.45, 7) is 5.97. The molecule has 4 rings (SSSR count). The van der Waals surface area contributed by atoms with Gasteiger partial charge >= 0.3 is 0 Å². The van der Waals surface area contributed by atoms with Crippen molar-refractivity contribution in [1.29, 1.82) is 0 Å². The van der Waals surface area contributed by atoms with Crippen molar-refractivity contribution in [2.24, 2.45) is 5.18 Å². The molecule has 1 aliphatic heterocycles. The number of benzene rings is 1. The van der Waals surface area contributed by atoms with Gasteiger partial charge in [-0.3, -0.25) is 9.78 Å². The summed E-state index contributed by atoms with van der Waals surface area (Å²) in [5.74, 6) is -1.11. The summed E-state index contributed by atoms with van der Waals surface area (Å²) in [6, 6.07) is 9.93. The van der Waals surface area contributed by atoms with Crippen LogP contribution in [0, 0.1) is 23.5 Å². The second kappa shape index (κ2) is 10.7. The third kappa shape index (κ3) is 5.67. The molecule has 0 aliphatic carbocycles. The molecule has 1 aliphatic rings. The molecule has 0 radical (unpaired) electrons. The van der Waals surface area contributed by atoms with E-state index < -0.39 is 23.6 Å². The number of aryl methyl sites for hydroxylation is 1. The number of carbonyl (C=O) groups is 1. The Bertz CT molecular complexity index is 1200. The van der Waals surface area contributed by atoms with Gasteiger partial charge in [0.15, 0.2) is 0 Å². The lowest BCUT2D eigenvalue weighted by atomic mass is 9.84. The van der Waals surface area contributed by atoms with Crippen molar-refractivity contribution in [2.75, 3.05) is 31.1 Å². The number of piperazine rings is 1. The maximum absolute atomic E-state index is 14.9. The number of nitrogens with zero attached hydrogens (tertiary/aromatic N) is 5. The van der Waals surface area contributed by atoms with Gasteiger partial charge in [-0.05, 0) is 54.3 Å². The Kier molecular flexibility index (Phi) is 7.43. The fourth-order valence-electron chi connectivity index (χ4n) is 4.51. The zero-order valence-electron chi connectivity index (χ0n) is 19.7. The van der Waals surface area contributed by atoms with Crippen LogP contribution in [-0.4, -0.2) is 47.0 Å². The molecule has 7 nitrogen and oxygen atoms in total. The van der Waals surface area contributed by atoms with Gasteiger partial charge in [0.1, 0.15) is 23.5 Å². The van der Waals surface area contributed by atoms with Crippen molar-refractivity contribution in [3.63, 3.8) is 0 Å². The van der Waals surface area contributed by atoms with Gasteiger partial charge in [-0.15, -0.1) is 0 Å². The van der Waals surface area contributed by atoms with Gasteiger partial charge in [-0.2, -0.15) is 4.91 Å². The third-order valence-electron chi connectivity index (χ3n) is 6.45. The van der Waals surface area contributed by atoms with Gasteiger partial charge in [0.25, 0.3) is 0 Å². The molecular formula is C26H27F2N5O2. The van der Waals surface area contributed by atoms with Crippen LogP contribution in [0.3, 0.4) is 0 Å². The first-order chi connectivity index (χ1) is 16.9. The molecule has 0 bridgehead atoms. The number of rotatable bonds is 7. The topological polar surface area (TPSA) is 78.8 Å². The molecule has 9 heteroatoms. The lowest BCUT2D eigenvalue weighted by Crippen LogP contribution is -2.48. The molecule has 2 aromatic heterocycles. The number of halogens is 2. The maximum atomic E-state index is 14.9. The lowest BCUT2D eigenvalue weighted by Gasteiger charge is -2.35. The fourth-order valence-corrected chi connectivity index (χ4v) is 4.51. The molecule has 35 heavy (non-hydrogen) atoms. The molecule has 3 heterocycles. The van der Waals surface area contributed by atoms with Crippen molar-refractivity contribution in [3.05, 3.63) is 93.8 Å². The Morgan fingerprint density at radius 2 is 1.80 bits per heavy atom. The minimum Gasteiger partial charge on any atom is -0.353 e. The van der Waals surface area contributed by atoms with Crippen LogP contribution >= 0.6 is 0 Å². The monoisotopic (exact) mass is 479 g/mol.